The van der Waals surface area contributed by atoms with Crippen LogP contribution in [0.3, 0.4) is 0 Å². The lowest BCUT2D eigenvalue weighted by molar-refractivity contribution is 0.0952. The molecule has 0 saturated carbocycles. The van der Waals surface area contributed by atoms with Gasteiger partial charge in [-0.15, -0.1) is 0 Å². The highest BCUT2D eigenvalue weighted by Crippen LogP contribution is 2.12. The van der Waals surface area contributed by atoms with Gasteiger partial charge in [0, 0.05) is 17.7 Å². The minimum atomic E-state index is -0.442. The molecule has 0 aromatic heterocycles. The molecular weight excluding hydrogens is 235 g/mol. The standard InChI is InChI=1S/C13H19FN2O2/c1-2-3-4-7-18-9-11-8-10(13(17)16-15)5-6-12(11)14/h5-6,8H,2-4,7,9,15H2,1H3,(H,16,17). The Balaban J connectivity index is 2.56. The van der Waals surface area contributed by atoms with Gasteiger partial charge in [0.05, 0.1) is 6.61 Å². The highest BCUT2D eigenvalue weighted by atomic mass is 19.1. The number of carbonyl (C=O) groups is 1. The molecule has 1 rings (SSSR count). The number of amides is 1. The number of benzene rings is 1. The molecule has 1 aromatic carbocycles. The normalized spacial score (nSPS) is 10.4. The SMILES string of the molecule is CCCCCOCc1cc(C(=O)NN)ccc1F. The second-order valence-electron chi connectivity index (χ2n) is 4.04. The van der Waals surface area contributed by atoms with E-state index in [1.807, 2.05) is 5.43 Å². The van der Waals surface area contributed by atoms with Gasteiger partial charge in [0.15, 0.2) is 0 Å². The van der Waals surface area contributed by atoms with E-state index in [0.717, 1.165) is 19.3 Å². The second kappa shape index (κ2) is 7.79. The fourth-order valence-electron chi connectivity index (χ4n) is 1.55. The van der Waals surface area contributed by atoms with E-state index in [-0.39, 0.29) is 12.4 Å². The van der Waals surface area contributed by atoms with Crippen LogP contribution in [0.5, 0.6) is 0 Å². The molecule has 0 radical (unpaired) electrons. The highest BCUT2D eigenvalue weighted by molar-refractivity contribution is 5.93. The summed E-state index contributed by atoms with van der Waals surface area (Å²) in [6.07, 6.45) is 3.17. The lowest BCUT2D eigenvalue weighted by Crippen LogP contribution is -2.30. The maximum Gasteiger partial charge on any atom is 0.265 e. The topological polar surface area (TPSA) is 64.3 Å². The number of halogens is 1. The number of nitrogen functional groups attached to an aromatic ring is 1. The van der Waals surface area contributed by atoms with Gasteiger partial charge in [0.25, 0.3) is 5.91 Å². The number of carbonyl (C=O) groups excluding carboxylic acids is 1. The third-order valence-corrected chi connectivity index (χ3v) is 2.59. The molecule has 0 heterocycles. The van der Waals surface area contributed by atoms with Crippen LogP contribution in [0.4, 0.5) is 4.39 Å². The average Bonchev–Trinajstić information content (AvgIpc) is 2.39. The van der Waals surface area contributed by atoms with E-state index < -0.39 is 5.91 Å². The number of rotatable bonds is 7. The molecule has 0 unspecified atom stereocenters. The number of nitrogens with two attached hydrogens (primary N) is 1. The van der Waals surface area contributed by atoms with Crippen LogP contribution < -0.4 is 11.3 Å². The van der Waals surface area contributed by atoms with Crippen molar-refractivity contribution in [3.05, 3.63) is 35.1 Å². The summed E-state index contributed by atoms with van der Waals surface area (Å²) in [7, 11) is 0. The number of hydrogen-bond donors (Lipinski definition) is 2. The lowest BCUT2D eigenvalue weighted by Gasteiger charge is -2.07. The average molecular weight is 254 g/mol. The second-order valence-corrected chi connectivity index (χ2v) is 4.04. The van der Waals surface area contributed by atoms with Crippen molar-refractivity contribution in [1.82, 2.24) is 5.43 Å². The molecule has 0 atom stereocenters. The Morgan fingerprint density at radius 2 is 2.22 bits per heavy atom. The number of ether oxygens (including phenoxy) is 1. The van der Waals surface area contributed by atoms with Crippen LogP contribution in [0.15, 0.2) is 18.2 Å². The van der Waals surface area contributed by atoms with E-state index in [9.17, 15) is 9.18 Å². The van der Waals surface area contributed by atoms with Crippen molar-refractivity contribution in [2.24, 2.45) is 5.84 Å². The van der Waals surface area contributed by atoms with E-state index in [0.29, 0.717) is 17.7 Å². The third-order valence-electron chi connectivity index (χ3n) is 2.59. The Hall–Kier alpha value is -1.46. The first-order chi connectivity index (χ1) is 8.69. The summed E-state index contributed by atoms with van der Waals surface area (Å²) in [5, 5.41) is 0. The molecule has 4 nitrogen and oxygen atoms in total. The molecule has 0 spiro atoms. The molecule has 1 amide bonds. The molecule has 100 valence electrons. The Kier molecular flexibility index (Phi) is 6.32. The van der Waals surface area contributed by atoms with Gasteiger partial charge < -0.3 is 4.74 Å². The van der Waals surface area contributed by atoms with Crippen molar-refractivity contribution in [1.29, 1.82) is 0 Å². The molecule has 0 bridgehead atoms. The van der Waals surface area contributed by atoms with Gasteiger partial charge >= 0.3 is 0 Å². The minimum Gasteiger partial charge on any atom is -0.377 e. The van der Waals surface area contributed by atoms with Gasteiger partial charge in [-0.05, 0) is 24.6 Å². The number of hydrogen-bond acceptors (Lipinski definition) is 3. The predicted molar refractivity (Wildman–Crippen MR) is 67.2 cm³/mol. The van der Waals surface area contributed by atoms with Crippen molar-refractivity contribution in [2.75, 3.05) is 6.61 Å². The van der Waals surface area contributed by atoms with Gasteiger partial charge in [0.1, 0.15) is 5.82 Å². The van der Waals surface area contributed by atoms with Crippen LogP contribution in [-0.2, 0) is 11.3 Å². The summed E-state index contributed by atoms with van der Waals surface area (Å²) in [6.45, 7) is 2.87. The molecule has 18 heavy (non-hydrogen) atoms. The maximum absolute atomic E-state index is 13.5. The Morgan fingerprint density at radius 3 is 2.89 bits per heavy atom. The molecule has 0 aliphatic rings. The van der Waals surface area contributed by atoms with Crippen molar-refractivity contribution in [3.63, 3.8) is 0 Å². The van der Waals surface area contributed by atoms with Gasteiger partial charge in [-0.1, -0.05) is 19.8 Å². The van der Waals surface area contributed by atoms with E-state index in [2.05, 4.69) is 6.92 Å². The third kappa shape index (κ3) is 4.43. The summed E-state index contributed by atoms with van der Waals surface area (Å²) < 4.78 is 18.8. The molecule has 1 aromatic rings. The largest absolute Gasteiger partial charge is 0.377 e. The minimum absolute atomic E-state index is 0.168. The first kappa shape index (κ1) is 14.6. The quantitative estimate of drug-likeness (QED) is 0.339. The molecule has 3 N–H and O–H groups in total. The van der Waals surface area contributed by atoms with Crippen LogP contribution in [0.2, 0.25) is 0 Å². The summed E-state index contributed by atoms with van der Waals surface area (Å²) in [4.78, 5) is 11.3. The van der Waals surface area contributed by atoms with E-state index in [1.54, 1.807) is 0 Å². The van der Waals surface area contributed by atoms with Crippen molar-refractivity contribution >= 4 is 5.91 Å². The molecule has 5 heteroatoms. The van der Waals surface area contributed by atoms with Gasteiger partial charge in [0.2, 0.25) is 0 Å². The smallest absolute Gasteiger partial charge is 0.265 e. The summed E-state index contributed by atoms with van der Waals surface area (Å²) in [5.74, 6) is 4.20. The summed E-state index contributed by atoms with van der Waals surface area (Å²) in [6, 6.07) is 4.09. The van der Waals surface area contributed by atoms with Crippen molar-refractivity contribution in [2.45, 2.75) is 32.8 Å². The van der Waals surface area contributed by atoms with Crippen LogP contribution in [0.25, 0.3) is 0 Å². The number of hydrazine groups is 1. The van der Waals surface area contributed by atoms with Crippen molar-refractivity contribution < 1.29 is 13.9 Å². The Bertz CT molecular complexity index is 397. The van der Waals surface area contributed by atoms with Gasteiger partial charge in [-0.2, -0.15) is 0 Å². The zero-order chi connectivity index (χ0) is 13.4. The lowest BCUT2D eigenvalue weighted by atomic mass is 10.1. The molecule has 0 aliphatic carbocycles. The van der Waals surface area contributed by atoms with E-state index >= 15 is 0 Å². The van der Waals surface area contributed by atoms with Crippen LogP contribution >= 0.6 is 0 Å². The molecule has 0 aliphatic heterocycles. The zero-order valence-corrected chi connectivity index (χ0v) is 10.5. The van der Waals surface area contributed by atoms with E-state index in [4.69, 9.17) is 10.6 Å². The fraction of sp³-hybridized carbons (Fsp3) is 0.462. The highest BCUT2D eigenvalue weighted by Gasteiger charge is 2.08. The fourth-order valence-corrected chi connectivity index (χ4v) is 1.55. The first-order valence-corrected chi connectivity index (χ1v) is 6.06. The molecule has 0 fully saturated rings. The molecule has 0 saturated heterocycles. The number of nitrogens with one attached hydrogen (secondary N) is 1. The first-order valence-electron chi connectivity index (χ1n) is 6.06. The Morgan fingerprint density at radius 1 is 1.44 bits per heavy atom. The molecular formula is C13H19FN2O2. The van der Waals surface area contributed by atoms with Crippen LogP contribution in [-0.4, -0.2) is 12.5 Å². The maximum atomic E-state index is 13.5. The monoisotopic (exact) mass is 254 g/mol. The number of unbranched alkanes of at least 4 members (excludes halogenated alkanes) is 2. The summed E-state index contributed by atoms with van der Waals surface area (Å²) in [5.41, 5.74) is 2.70. The zero-order valence-electron chi connectivity index (χ0n) is 10.5. The van der Waals surface area contributed by atoms with E-state index in [1.165, 1.54) is 18.2 Å². The van der Waals surface area contributed by atoms with Crippen molar-refractivity contribution in [3.8, 4) is 0 Å². The summed E-state index contributed by atoms with van der Waals surface area (Å²) >= 11 is 0. The van der Waals surface area contributed by atoms with Crippen LogP contribution in [0.1, 0.15) is 42.1 Å². The Labute approximate surface area is 106 Å². The van der Waals surface area contributed by atoms with Gasteiger partial charge in [-0.3, -0.25) is 10.2 Å². The predicted octanol–water partition coefficient (Wildman–Crippen LogP) is 2.14. The van der Waals surface area contributed by atoms with Crippen LogP contribution in [0, 0.1) is 5.82 Å². The van der Waals surface area contributed by atoms with Gasteiger partial charge in [-0.25, -0.2) is 10.2 Å².